The van der Waals surface area contributed by atoms with Crippen LogP contribution in [0.25, 0.3) is 0 Å². The van der Waals surface area contributed by atoms with Crippen LogP contribution in [0.5, 0.6) is 0 Å². The van der Waals surface area contributed by atoms with Crippen LogP contribution in [0.3, 0.4) is 0 Å². The minimum Gasteiger partial charge on any atom is -0.384 e. The lowest BCUT2D eigenvalue weighted by Crippen LogP contribution is -2.45. The molecule has 98 valence electrons. The molecule has 0 saturated heterocycles. The smallest absolute Gasteiger partial charge is 0.315 e. The van der Waals surface area contributed by atoms with Crippen LogP contribution in [0, 0.1) is 0 Å². The van der Waals surface area contributed by atoms with Crippen molar-refractivity contribution in [1.82, 2.24) is 10.6 Å². The van der Waals surface area contributed by atoms with Gasteiger partial charge in [-0.1, -0.05) is 18.2 Å². The summed E-state index contributed by atoms with van der Waals surface area (Å²) in [6, 6.07) is 3.69. The number of amides is 2. The molecule has 1 aromatic heterocycles. The van der Waals surface area contributed by atoms with Crippen LogP contribution >= 0.6 is 11.3 Å². The van der Waals surface area contributed by atoms with E-state index in [1.807, 2.05) is 23.6 Å². The highest BCUT2D eigenvalue weighted by Gasteiger charge is 2.25. The SMILES string of the molecule is O=C(NCc1cccs1)NC[C@]1(O)C=CCCC1. The summed E-state index contributed by atoms with van der Waals surface area (Å²) in [5.74, 6) is 0. The van der Waals surface area contributed by atoms with Crippen molar-refractivity contribution in [3.63, 3.8) is 0 Å². The number of hydrogen-bond donors (Lipinski definition) is 3. The average Bonchev–Trinajstić information content (AvgIpc) is 2.88. The van der Waals surface area contributed by atoms with Gasteiger partial charge < -0.3 is 15.7 Å². The van der Waals surface area contributed by atoms with E-state index in [1.54, 1.807) is 17.4 Å². The number of allylic oxidation sites excluding steroid dienone is 1. The zero-order chi connectivity index (χ0) is 12.8. The Kier molecular flexibility index (Phi) is 4.38. The zero-order valence-corrected chi connectivity index (χ0v) is 11.0. The van der Waals surface area contributed by atoms with Crippen molar-refractivity contribution in [2.75, 3.05) is 6.54 Å². The van der Waals surface area contributed by atoms with Crippen molar-refractivity contribution in [3.8, 4) is 0 Å². The van der Waals surface area contributed by atoms with Crippen LogP contribution in [0.15, 0.2) is 29.7 Å². The van der Waals surface area contributed by atoms with E-state index in [9.17, 15) is 9.90 Å². The number of urea groups is 1. The van der Waals surface area contributed by atoms with Crippen molar-refractivity contribution >= 4 is 17.4 Å². The summed E-state index contributed by atoms with van der Waals surface area (Å²) in [5, 5.41) is 17.6. The zero-order valence-electron chi connectivity index (χ0n) is 10.2. The predicted molar refractivity (Wildman–Crippen MR) is 72.5 cm³/mol. The Morgan fingerprint density at radius 3 is 3.06 bits per heavy atom. The highest BCUT2D eigenvalue weighted by Crippen LogP contribution is 2.20. The molecule has 1 heterocycles. The summed E-state index contributed by atoms with van der Waals surface area (Å²) in [4.78, 5) is 12.7. The van der Waals surface area contributed by atoms with Gasteiger partial charge in [0.2, 0.25) is 0 Å². The summed E-state index contributed by atoms with van der Waals surface area (Å²) in [6.07, 6.45) is 6.43. The quantitative estimate of drug-likeness (QED) is 0.730. The highest BCUT2D eigenvalue weighted by molar-refractivity contribution is 7.09. The van der Waals surface area contributed by atoms with Gasteiger partial charge in [0.25, 0.3) is 0 Å². The Labute approximate surface area is 111 Å². The fraction of sp³-hybridized carbons (Fsp3) is 0.462. The van der Waals surface area contributed by atoms with Gasteiger partial charge in [-0.25, -0.2) is 4.79 Å². The van der Waals surface area contributed by atoms with Gasteiger partial charge in [0.15, 0.2) is 0 Å². The molecular formula is C13H18N2O2S. The maximum atomic E-state index is 11.6. The molecule has 3 N–H and O–H groups in total. The minimum atomic E-state index is -0.876. The Morgan fingerprint density at radius 2 is 2.39 bits per heavy atom. The Balaban J connectivity index is 1.71. The van der Waals surface area contributed by atoms with Crippen LogP contribution in [0.4, 0.5) is 4.79 Å². The summed E-state index contributed by atoms with van der Waals surface area (Å²) in [6.45, 7) is 0.789. The van der Waals surface area contributed by atoms with Gasteiger partial charge in [0, 0.05) is 4.88 Å². The molecule has 0 unspecified atom stereocenters. The monoisotopic (exact) mass is 266 g/mol. The van der Waals surface area contributed by atoms with Gasteiger partial charge >= 0.3 is 6.03 Å². The van der Waals surface area contributed by atoms with Crippen molar-refractivity contribution in [2.45, 2.75) is 31.4 Å². The molecule has 5 heteroatoms. The first-order valence-corrected chi connectivity index (χ1v) is 7.00. The minimum absolute atomic E-state index is 0.240. The molecule has 1 aliphatic rings. The fourth-order valence-electron chi connectivity index (χ4n) is 1.94. The molecule has 0 bridgehead atoms. The molecule has 2 amide bonds. The van der Waals surface area contributed by atoms with Gasteiger partial charge in [0.05, 0.1) is 13.1 Å². The van der Waals surface area contributed by atoms with Crippen molar-refractivity contribution in [2.24, 2.45) is 0 Å². The second kappa shape index (κ2) is 6.02. The van der Waals surface area contributed by atoms with E-state index in [-0.39, 0.29) is 12.6 Å². The molecule has 18 heavy (non-hydrogen) atoms. The molecular weight excluding hydrogens is 248 g/mol. The van der Waals surface area contributed by atoms with E-state index in [1.165, 1.54) is 0 Å². The molecule has 1 aromatic rings. The Bertz CT molecular complexity index is 417. The van der Waals surface area contributed by atoms with Crippen LogP contribution in [-0.4, -0.2) is 23.3 Å². The Morgan fingerprint density at radius 1 is 1.50 bits per heavy atom. The molecule has 0 aliphatic heterocycles. The first-order valence-electron chi connectivity index (χ1n) is 6.12. The third kappa shape index (κ3) is 3.85. The third-order valence-corrected chi connectivity index (χ3v) is 3.84. The lowest BCUT2D eigenvalue weighted by Gasteiger charge is -2.27. The van der Waals surface area contributed by atoms with Crippen molar-refractivity contribution in [1.29, 1.82) is 0 Å². The van der Waals surface area contributed by atoms with Crippen LogP contribution in [-0.2, 0) is 6.54 Å². The number of hydrogen-bond acceptors (Lipinski definition) is 3. The van der Waals surface area contributed by atoms with Crippen molar-refractivity contribution in [3.05, 3.63) is 34.5 Å². The molecule has 4 nitrogen and oxygen atoms in total. The van der Waals surface area contributed by atoms with Gasteiger partial charge in [-0.3, -0.25) is 0 Å². The molecule has 2 rings (SSSR count). The standard InChI is InChI=1S/C13H18N2O2S/c16-12(14-9-11-5-4-8-18-11)15-10-13(17)6-2-1-3-7-13/h2,4-6,8,17H,1,3,7,9-10H2,(H2,14,15,16)/t13-/m0/s1. The third-order valence-electron chi connectivity index (χ3n) is 2.97. The second-order valence-corrected chi connectivity index (χ2v) is 5.55. The molecule has 1 atom stereocenters. The molecule has 0 radical (unpaired) electrons. The molecule has 0 fully saturated rings. The topological polar surface area (TPSA) is 61.4 Å². The second-order valence-electron chi connectivity index (χ2n) is 4.51. The van der Waals surface area contributed by atoms with Gasteiger partial charge in [-0.15, -0.1) is 11.3 Å². The fourth-order valence-corrected chi connectivity index (χ4v) is 2.58. The van der Waals surface area contributed by atoms with Crippen molar-refractivity contribution < 1.29 is 9.90 Å². The van der Waals surface area contributed by atoms with Crippen LogP contribution in [0.2, 0.25) is 0 Å². The van der Waals surface area contributed by atoms with E-state index in [2.05, 4.69) is 10.6 Å². The summed E-state index contributed by atoms with van der Waals surface area (Å²) >= 11 is 1.61. The van der Waals surface area contributed by atoms with E-state index in [0.29, 0.717) is 13.0 Å². The number of rotatable bonds is 4. The van der Waals surface area contributed by atoms with Gasteiger partial charge in [-0.2, -0.15) is 0 Å². The molecule has 0 saturated carbocycles. The molecule has 0 spiro atoms. The van der Waals surface area contributed by atoms with E-state index >= 15 is 0 Å². The summed E-state index contributed by atoms with van der Waals surface area (Å²) in [5.41, 5.74) is -0.876. The first-order chi connectivity index (χ1) is 8.68. The largest absolute Gasteiger partial charge is 0.384 e. The number of carbonyl (C=O) groups is 1. The lowest BCUT2D eigenvalue weighted by atomic mass is 9.91. The van der Waals surface area contributed by atoms with Gasteiger partial charge in [0.1, 0.15) is 5.60 Å². The summed E-state index contributed by atoms with van der Waals surface area (Å²) in [7, 11) is 0. The lowest BCUT2D eigenvalue weighted by molar-refractivity contribution is 0.0762. The average molecular weight is 266 g/mol. The van der Waals surface area contributed by atoms with E-state index in [0.717, 1.165) is 17.7 Å². The molecule has 1 aliphatic carbocycles. The first kappa shape index (κ1) is 13.1. The highest BCUT2D eigenvalue weighted by atomic mass is 32.1. The number of aliphatic hydroxyl groups is 1. The van der Waals surface area contributed by atoms with Crippen LogP contribution < -0.4 is 10.6 Å². The maximum Gasteiger partial charge on any atom is 0.315 e. The molecule has 0 aromatic carbocycles. The van der Waals surface area contributed by atoms with E-state index in [4.69, 9.17) is 0 Å². The van der Waals surface area contributed by atoms with Crippen LogP contribution in [0.1, 0.15) is 24.1 Å². The normalized spacial score (nSPS) is 22.7. The predicted octanol–water partition coefficient (Wildman–Crippen LogP) is 2.02. The van der Waals surface area contributed by atoms with Gasteiger partial charge in [-0.05, 0) is 30.7 Å². The van der Waals surface area contributed by atoms with E-state index < -0.39 is 5.60 Å². The Hall–Kier alpha value is -1.33. The number of carbonyl (C=O) groups excluding carboxylic acids is 1. The summed E-state index contributed by atoms with van der Waals surface area (Å²) < 4.78 is 0. The number of nitrogens with one attached hydrogen (secondary N) is 2. The number of thiophene rings is 1. The maximum absolute atomic E-state index is 11.6.